The molecule has 76 valence electrons. The van der Waals surface area contributed by atoms with Crippen LogP contribution in [-0.2, 0) is 0 Å². The summed E-state index contributed by atoms with van der Waals surface area (Å²) in [5, 5.41) is 0. The fourth-order valence-electron chi connectivity index (χ4n) is 1.05. The van der Waals surface area contributed by atoms with Crippen LogP contribution in [0.5, 0.6) is 0 Å². The second-order valence-electron chi connectivity index (χ2n) is 2.99. The van der Waals surface area contributed by atoms with Crippen molar-refractivity contribution in [3.8, 4) is 11.6 Å². The van der Waals surface area contributed by atoms with Crippen LogP contribution in [0.15, 0.2) is 24.7 Å². The highest BCUT2D eigenvalue weighted by molar-refractivity contribution is 5.46. The number of nitrogens with two attached hydrogens (primary N) is 1. The summed E-state index contributed by atoms with van der Waals surface area (Å²) in [5.74, 6) is 6.70. The van der Waals surface area contributed by atoms with Crippen molar-refractivity contribution in [2.45, 2.75) is 6.92 Å². The van der Waals surface area contributed by atoms with Gasteiger partial charge in [0.25, 0.3) is 0 Å². The lowest BCUT2D eigenvalue weighted by Gasteiger charge is -2.01. The maximum Gasteiger partial charge on any atom is 0.199 e. The largest absolute Gasteiger partial charge is 0.308 e. The Kier molecular flexibility index (Phi) is 2.51. The molecule has 0 aromatic carbocycles. The predicted octanol–water partition coefficient (Wildman–Crippen LogP) is 0.528. The van der Waals surface area contributed by atoms with Crippen LogP contribution in [-0.4, -0.2) is 19.9 Å². The van der Waals surface area contributed by atoms with Gasteiger partial charge in [-0.3, -0.25) is 0 Å². The van der Waals surface area contributed by atoms with E-state index in [4.69, 9.17) is 5.84 Å². The summed E-state index contributed by atoms with van der Waals surface area (Å²) in [7, 11) is 0. The minimum absolute atomic E-state index is 0.449. The van der Waals surface area contributed by atoms with Crippen molar-refractivity contribution < 1.29 is 0 Å². The van der Waals surface area contributed by atoms with E-state index in [1.54, 1.807) is 24.7 Å². The first kappa shape index (κ1) is 9.47. The minimum atomic E-state index is 0.449. The van der Waals surface area contributed by atoms with Gasteiger partial charge in [0.05, 0.1) is 0 Å². The van der Waals surface area contributed by atoms with Crippen molar-refractivity contribution >= 4 is 5.82 Å². The highest BCUT2D eigenvalue weighted by Crippen LogP contribution is 2.10. The van der Waals surface area contributed by atoms with Crippen molar-refractivity contribution in [1.29, 1.82) is 0 Å². The molecule has 0 aliphatic heterocycles. The van der Waals surface area contributed by atoms with Gasteiger partial charge in [-0.15, -0.1) is 0 Å². The Bertz CT molecular complexity index is 452. The summed E-state index contributed by atoms with van der Waals surface area (Å²) in [4.78, 5) is 16.4. The molecule has 2 aromatic heterocycles. The molecular weight excluding hydrogens is 192 g/mol. The van der Waals surface area contributed by atoms with Crippen LogP contribution in [0.4, 0.5) is 5.82 Å². The van der Waals surface area contributed by atoms with Gasteiger partial charge in [0.2, 0.25) is 0 Å². The summed E-state index contributed by atoms with van der Waals surface area (Å²) in [5.41, 5.74) is 3.43. The molecule has 0 bridgehead atoms. The van der Waals surface area contributed by atoms with Gasteiger partial charge in [0.1, 0.15) is 5.82 Å². The summed E-state index contributed by atoms with van der Waals surface area (Å²) in [6.07, 6.45) is 5.03. The van der Waals surface area contributed by atoms with Crippen LogP contribution in [0.25, 0.3) is 11.6 Å². The first-order valence-corrected chi connectivity index (χ1v) is 4.38. The van der Waals surface area contributed by atoms with E-state index in [-0.39, 0.29) is 0 Å². The molecule has 0 spiro atoms. The molecule has 3 N–H and O–H groups in total. The molecule has 2 aromatic rings. The molecule has 2 rings (SSSR count). The first-order valence-electron chi connectivity index (χ1n) is 4.38. The average Bonchev–Trinajstić information content (AvgIpc) is 2.30. The Morgan fingerprint density at radius 3 is 2.53 bits per heavy atom. The normalized spacial score (nSPS) is 10.0. The van der Waals surface area contributed by atoms with Crippen molar-refractivity contribution in [1.82, 2.24) is 19.9 Å². The average molecular weight is 202 g/mol. The van der Waals surface area contributed by atoms with Gasteiger partial charge < -0.3 is 5.43 Å². The summed E-state index contributed by atoms with van der Waals surface area (Å²) in [6, 6.07) is 1.66. The number of nitrogen functional groups attached to an aromatic ring is 1. The maximum absolute atomic E-state index is 5.24. The number of aryl methyl sites for hydroxylation is 1. The molecule has 0 fully saturated rings. The predicted molar refractivity (Wildman–Crippen MR) is 55.6 cm³/mol. The van der Waals surface area contributed by atoms with E-state index in [0.717, 1.165) is 5.56 Å². The molecule has 0 saturated carbocycles. The third-order valence-electron chi connectivity index (χ3n) is 1.78. The zero-order valence-electron chi connectivity index (χ0n) is 8.18. The van der Waals surface area contributed by atoms with E-state index in [0.29, 0.717) is 17.5 Å². The van der Waals surface area contributed by atoms with Crippen LogP contribution >= 0.6 is 0 Å². The molecule has 0 amide bonds. The zero-order chi connectivity index (χ0) is 10.7. The van der Waals surface area contributed by atoms with Gasteiger partial charge in [-0.1, -0.05) is 0 Å². The van der Waals surface area contributed by atoms with Gasteiger partial charge in [-0.05, 0) is 12.5 Å². The smallest absolute Gasteiger partial charge is 0.199 e. The van der Waals surface area contributed by atoms with Gasteiger partial charge in [-0.25, -0.2) is 25.8 Å². The molecule has 0 unspecified atom stereocenters. The Balaban J connectivity index is 2.40. The number of hydrazine groups is 1. The summed E-state index contributed by atoms with van der Waals surface area (Å²) in [6.45, 7) is 1.92. The maximum atomic E-state index is 5.24. The van der Waals surface area contributed by atoms with Gasteiger partial charge in [0.15, 0.2) is 11.6 Å². The Morgan fingerprint density at radius 2 is 1.87 bits per heavy atom. The standard InChI is InChI=1S/C9H10N6/c1-6-4-12-8(13-5-6)9-11-3-2-7(14-9)15-10/h2-5H,10H2,1H3,(H,11,14,15). The topological polar surface area (TPSA) is 89.6 Å². The van der Waals surface area contributed by atoms with Crippen LogP contribution in [0.1, 0.15) is 5.56 Å². The number of rotatable bonds is 2. The molecular formula is C9H10N6. The Morgan fingerprint density at radius 1 is 1.13 bits per heavy atom. The zero-order valence-corrected chi connectivity index (χ0v) is 8.18. The number of anilines is 1. The summed E-state index contributed by atoms with van der Waals surface area (Å²) >= 11 is 0. The van der Waals surface area contributed by atoms with E-state index in [1.165, 1.54) is 0 Å². The molecule has 15 heavy (non-hydrogen) atoms. The second kappa shape index (κ2) is 3.97. The first-order chi connectivity index (χ1) is 7.29. The molecule has 0 aliphatic carbocycles. The van der Waals surface area contributed by atoms with E-state index in [2.05, 4.69) is 25.4 Å². The Labute approximate surface area is 86.6 Å². The number of hydrogen-bond donors (Lipinski definition) is 2. The second-order valence-corrected chi connectivity index (χ2v) is 2.99. The van der Waals surface area contributed by atoms with Gasteiger partial charge in [-0.2, -0.15) is 0 Å². The number of aromatic nitrogens is 4. The van der Waals surface area contributed by atoms with Gasteiger partial charge >= 0.3 is 0 Å². The number of hydrogen-bond acceptors (Lipinski definition) is 6. The lowest BCUT2D eigenvalue weighted by Crippen LogP contribution is -2.09. The van der Waals surface area contributed by atoms with Crippen molar-refractivity contribution in [3.05, 3.63) is 30.2 Å². The number of nitrogens with one attached hydrogen (secondary N) is 1. The van der Waals surface area contributed by atoms with E-state index >= 15 is 0 Å². The quantitative estimate of drug-likeness (QED) is 0.545. The van der Waals surface area contributed by atoms with Crippen LogP contribution in [0.3, 0.4) is 0 Å². The van der Waals surface area contributed by atoms with Gasteiger partial charge in [0, 0.05) is 24.7 Å². The lowest BCUT2D eigenvalue weighted by atomic mass is 10.4. The molecule has 6 nitrogen and oxygen atoms in total. The SMILES string of the molecule is Cc1cnc(-c2nccc(NN)n2)nc1. The lowest BCUT2D eigenvalue weighted by molar-refractivity contribution is 1.06. The monoisotopic (exact) mass is 202 g/mol. The molecule has 0 aliphatic rings. The summed E-state index contributed by atoms with van der Waals surface area (Å²) < 4.78 is 0. The van der Waals surface area contributed by atoms with Crippen LogP contribution < -0.4 is 11.3 Å². The van der Waals surface area contributed by atoms with Crippen molar-refractivity contribution in [2.24, 2.45) is 5.84 Å². The fourth-order valence-corrected chi connectivity index (χ4v) is 1.05. The molecule has 0 atom stereocenters. The minimum Gasteiger partial charge on any atom is -0.308 e. The number of nitrogens with zero attached hydrogens (tertiary/aromatic N) is 4. The van der Waals surface area contributed by atoms with E-state index in [9.17, 15) is 0 Å². The third kappa shape index (κ3) is 2.05. The highest BCUT2D eigenvalue weighted by atomic mass is 15.3. The van der Waals surface area contributed by atoms with Crippen molar-refractivity contribution in [3.63, 3.8) is 0 Å². The molecule has 6 heteroatoms. The fraction of sp³-hybridized carbons (Fsp3) is 0.111. The van der Waals surface area contributed by atoms with Crippen LogP contribution in [0.2, 0.25) is 0 Å². The van der Waals surface area contributed by atoms with Crippen LogP contribution in [0, 0.1) is 6.92 Å². The molecule has 2 heterocycles. The van der Waals surface area contributed by atoms with E-state index in [1.807, 2.05) is 6.92 Å². The highest BCUT2D eigenvalue weighted by Gasteiger charge is 2.04. The van der Waals surface area contributed by atoms with Crippen molar-refractivity contribution in [2.75, 3.05) is 5.43 Å². The third-order valence-corrected chi connectivity index (χ3v) is 1.78. The molecule has 0 saturated heterocycles. The Hall–Kier alpha value is -2.08. The van der Waals surface area contributed by atoms with E-state index < -0.39 is 0 Å². The molecule has 0 radical (unpaired) electrons.